The SMILES string of the molecule is Cc1cccc2nc(-c3nonc3N)[nH]c12. The number of aryl methyl sites for hydroxylation is 1. The lowest BCUT2D eigenvalue weighted by Crippen LogP contribution is -1.89. The molecule has 0 fully saturated rings. The van der Waals surface area contributed by atoms with Crippen LogP contribution in [0.25, 0.3) is 22.6 Å². The molecule has 0 amide bonds. The van der Waals surface area contributed by atoms with Crippen molar-refractivity contribution in [2.45, 2.75) is 6.92 Å². The number of benzene rings is 1. The molecule has 0 saturated carbocycles. The van der Waals surface area contributed by atoms with E-state index in [0.717, 1.165) is 16.6 Å². The van der Waals surface area contributed by atoms with Crippen LogP contribution in [0.4, 0.5) is 5.82 Å². The van der Waals surface area contributed by atoms with E-state index in [9.17, 15) is 0 Å². The van der Waals surface area contributed by atoms with Crippen molar-refractivity contribution in [3.05, 3.63) is 23.8 Å². The summed E-state index contributed by atoms with van der Waals surface area (Å²) in [5.74, 6) is 0.805. The number of aromatic nitrogens is 4. The van der Waals surface area contributed by atoms with E-state index in [1.165, 1.54) is 0 Å². The van der Waals surface area contributed by atoms with Crippen LogP contribution in [-0.2, 0) is 0 Å². The van der Waals surface area contributed by atoms with Gasteiger partial charge in [-0.2, -0.15) is 0 Å². The Balaban J connectivity index is 2.27. The molecule has 3 aromatic rings. The summed E-state index contributed by atoms with van der Waals surface area (Å²) >= 11 is 0. The van der Waals surface area contributed by atoms with E-state index in [4.69, 9.17) is 5.73 Å². The van der Waals surface area contributed by atoms with Gasteiger partial charge in [0.15, 0.2) is 17.3 Å². The van der Waals surface area contributed by atoms with Crippen LogP contribution < -0.4 is 5.73 Å². The number of H-pyrrole nitrogens is 1. The quantitative estimate of drug-likeness (QED) is 0.641. The van der Waals surface area contributed by atoms with E-state index >= 15 is 0 Å². The highest BCUT2D eigenvalue weighted by Crippen LogP contribution is 2.23. The summed E-state index contributed by atoms with van der Waals surface area (Å²) in [5.41, 5.74) is 9.01. The van der Waals surface area contributed by atoms with Crippen molar-refractivity contribution in [2.75, 3.05) is 5.73 Å². The fourth-order valence-electron chi connectivity index (χ4n) is 1.65. The van der Waals surface area contributed by atoms with Crippen LogP contribution in [0.2, 0.25) is 0 Å². The molecule has 0 radical (unpaired) electrons. The lowest BCUT2D eigenvalue weighted by Gasteiger charge is -1.91. The summed E-state index contributed by atoms with van der Waals surface area (Å²) in [6.07, 6.45) is 0. The van der Waals surface area contributed by atoms with Crippen LogP contribution in [0.1, 0.15) is 5.56 Å². The molecule has 1 aromatic carbocycles. The monoisotopic (exact) mass is 215 g/mol. The van der Waals surface area contributed by atoms with E-state index in [0.29, 0.717) is 11.5 Å². The molecule has 0 aliphatic rings. The van der Waals surface area contributed by atoms with Gasteiger partial charge in [0.1, 0.15) is 0 Å². The number of anilines is 1. The number of nitrogens with one attached hydrogen (secondary N) is 1. The van der Waals surface area contributed by atoms with Gasteiger partial charge in [-0.3, -0.25) is 0 Å². The third kappa shape index (κ3) is 1.16. The number of fused-ring (bicyclic) bond motifs is 1. The van der Waals surface area contributed by atoms with Crippen molar-refractivity contribution >= 4 is 16.9 Å². The molecule has 0 unspecified atom stereocenters. The van der Waals surface area contributed by atoms with Gasteiger partial charge in [0, 0.05) is 0 Å². The maximum atomic E-state index is 5.61. The van der Waals surface area contributed by atoms with Crippen LogP contribution >= 0.6 is 0 Å². The number of hydrogen-bond acceptors (Lipinski definition) is 5. The highest BCUT2D eigenvalue weighted by molar-refractivity contribution is 5.82. The van der Waals surface area contributed by atoms with Gasteiger partial charge in [-0.15, -0.1) is 0 Å². The van der Waals surface area contributed by atoms with Crippen molar-refractivity contribution in [1.82, 2.24) is 20.3 Å². The normalized spacial score (nSPS) is 11.1. The number of imidazole rings is 1. The van der Waals surface area contributed by atoms with Gasteiger partial charge in [0.05, 0.1) is 11.0 Å². The third-order valence-electron chi connectivity index (χ3n) is 2.46. The predicted molar refractivity (Wildman–Crippen MR) is 58.5 cm³/mol. The zero-order chi connectivity index (χ0) is 11.1. The highest BCUT2D eigenvalue weighted by Gasteiger charge is 2.14. The van der Waals surface area contributed by atoms with E-state index in [1.54, 1.807) is 0 Å². The molecular weight excluding hydrogens is 206 g/mol. The fraction of sp³-hybridized carbons (Fsp3) is 0.100. The first-order valence-corrected chi connectivity index (χ1v) is 4.79. The minimum Gasteiger partial charge on any atom is -0.379 e. The van der Waals surface area contributed by atoms with Gasteiger partial charge in [-0.05, 0) is 28.9 Å². The van der Waals surface area contributed by atoms with Gasteiger partial charge in [0.25, 0.3) is 0 Å². The maximum absolute atomic E-state index is 5.61. The summed E-state index contributed by atoms with van der Waals surface area (Å²) in [6.45, 7) is 2.01. The number of hydrogen-bond donors (Lipinski definition) is 2. The van der Waals surface area contributed by atoms with Crippen LogP contribution in [0, 0.1) is 6.92 Å². The average Bonchev–Trinajstić information content (AvgIpc) is 2.84. The molecule has 3 rings (SSSR count). The van der Waals surface area contributed by atoms with Crippen molar-refractivity contribution in [3.8, 4) is 11.5 Å². The summed E-state index contributed by atoms with van der Waals surface area (Å²) in [5, 5.41) is 7.22. The molecule has 0 aliphatic heterocycles. The van der Waals surface area contributed by atoms with Crippen molar-refractivity contribution in [3.63, 3.8) is 0 Å². The number of nitrogens with two attached hydrogens (primary N) is 1. The van der Waals surface area contributed by atoms with Gasteiger partial charge in [-0.25, -0.2) is 9.61 Å². The van der Waals surface area contributed by atoms with Gasteiger partial charge in [-0.1, -0.05) is 12.1 Å². The van der Waals surface area contributed by atoms with Crippen molar-refractivity contribution in [2.24, 2.45) is 0 Å². The number of nitrogen functional groups attached to an aromatic ring is 1. The Labute approximate surface area is 90.4 Å². The minimum atomic E-state index is 0.233. The largest absolute Gasteiger partial charge is 0.379 e. The number of nitrogens with zero attached hydrogens (tertiary/aromatic N) is 3. The first-order chi connectivity index (χ1) is 7.75. The predicted octanol–water partition coefficient (Wildman–Crippen LogP) is 1.50. The van der Waals surface area contributed by atoms with Crippen molar-refractivity contribution < 1.29 is 4.63 Å². The van der Waals surface area contributed by atoms with Crippen LogP contribution in [-0.4, -0.2) is 20.3 Å². The Morgan fingerprint density at radius 2 is 2.19 bits per heavy atom. The number of para-hydroxylation sites is 1. The van der Waals surface area contributed by atoms with E-state index in [2.05, 4.69) is 24.9 Å². The average molecular weight is 215 g/mol. The molecule has 0 spiro atoms. The molecule has 0 bridgehead atoms. The van der Waals surface area contributed by atoms with Gasteiger partial charge >= 0.3 is 0 Å². The second-order valence-corrected chi connectivity index (χ2v) is 3.55. The van der Waals surface area contributed by atoms with Gasteiger partial charge < -0.3 is 10.7 Å². The van der Waals surface area contributed by atoms with Crippen LogP contribution in [0.15, 0.2) is 22.8 Å². The summed E-state index contributed by atoms with van der Waals surface area (Å²) < 4.78 is 4.54. The molecular formula is C10H9N5O. The zero-order valence-electron chi connectivity index (χ0n) is 8.56. The Kier molecular flexibility index (Phi) is 1.70. The molecule has 80 valence electrons. The zero-order valence-corrected chi connectivity index (χ0v) is 8.56. The van der Waals surface area contributed by atoms with E-state index in [1.807, 2.05) is 25.1 Å². The Morgan fingerprint density at radius 3 is 2.88 bits per heavy atom. The smallest absolute Gasteiger partial charge is 0.199 e. The lowest BCUT2D eigenvalue weighted by atomic mass is 10.2. The summed E-state index contributed by atoms with van der Waals surface area (Å²) in [4.78, 5) is 7.53. The summed E-state index contributed by atoms with van der Waals surface area (Å²) in [7, 11) is 0. The Morgan fingerprint density at radius 1 is 1.31 bits per heavy atom. The van der Waals surface area contributed by atoms with Crippen molar-refractivity contribution in [1.29, 1.82) is 0 Å². The Hall–Kier alpha value is -2.37. The standard InChI is InChI=1S/C10H9N5O/c1-5-3-2-4-6-7(5)13-10(12-6)8-9(11)15-16-14-8/h2-4H,1H3,(H2,11,15)(H,12,13). The van der Waals surface area contributed by atoms with E-state index < -0.39 is 0 Å². The first kappa shape index (κ1) is 8.90. The maximum Gasteiger partial charge on any atom is 0.199 e. The first-order valence-electron chi connectivity index (χ1n) is 4.79. The second kappa shape index (κ2) is 3.06. The van der Waals surface area contributed by atoms with Crippen LogP contribution in [0.5, 0.6) is 0 Å². The Bertz CT molecular complexity index is 654. The van der Waals surface area contributed by atoms with E-state index in [-0.39, 0.29) is 5.82 Å². The molecule has 3 N–H and O–H groups in total. The topological polar surface area (TPSA) is 93.6 Å². The molecule has 0 saturated heterocycles. The molecule has 6 nitrogen and oxygen atoms in total. The highest BCUT2D eigenvalue weighted by atomic mass is 16.6. The fourth-order valence-corrected chi connectivity index (χ4v) is 1.65. The van der Waals surface area contributed by atoms with Gasteiger partial charge in [0.2, 0.25) is 0 Å². The number of rotatable bonds is 1. The molecule has 0 aliphatic carbocycles. The molecule has 6 heteroatoms. The summed E-state index contributed by atoms with van der Waals surface area (Å²) in [6, 6.07) is 5.88. The van der Waals surface area contributed by atoms with Crippen LogP contribution in [0.3, 0.4) is 0 Å². The number of aromatic amines is 1. The lowest BCUT2D eigenvalue weighted by molar-refractivity contribution is 0.310. The molecule has 2 heterocycles. The molecule has 2 aromatic heterocycles. The second-order valence-electron chi connectivity index (χ2n) is 3.55. The molecule has 0 atom stereocenters. The minimum absolute atomic E-state index is 0.233. The molecule has 16 heavy (non-hydrogen) atoms. The third-order valence-corrected chi connectivity index (χ3v) is 2.46.